The molecule has 1 aromatic carbocycles. The van der Waals surface area contributed by atoms with E-state index in [0.717, 1.165) is 5.56 Å². The zero-order chi connectivity index (χ0) is 14.8. The maximum Gasteiger partial charge on any atom is 0.169 e. The zero-order valence-corrected chi connectivity index (χ0v) is 12.8. The van der Waals surface area contributed by atoms with E-state index in [0.29, 0.717) is 18.1 Å². The minimum atomic E-state index is -2.92. The van der Waals surface area contributed by atoms with Crippen molar-refractivity contribution in [3.63, 3.8) is 0 Å². The van der Waals surface area contributed by atoms with Crippen LogP contribution in [0.15, 0.2) is 24.3 Å². The van der Waals surface area contributed by atoms with Gasteiger partial charge >= 0.3 is 0 Å². The number of nitrogens with zero attached hydrogens (tertiary/aromatic N) is 1. The summed E-state index contributed by atoms with van der Waals surface area (Å²) in [6.45, 7) is 0.489. The Labute approximate surface area is 123 Å². The number of hydrogen-bond acceptors (Lipinski definition) is 3. The number of sulfone groups is 1. The third-order valence-corrected chi connectivity index (χ3v) is 5.62. The molecule has 1 atom stereocenters. The van der Waals surface area contributed by atoms with Crippen LogP contribution in [0.4, 0.5) is 4.39 Å². The van der Waals surface area contributed by atoms with E-state index in [1.807, 2.05) is 0 Å². The largest absolute Gasteiger partial charge is 0.358 e. The van der Waals surface area contributed by atoms with Gasteiger partial charge in [-0.3, -0.25) is 0 Å². The quantitative estimate of drug-likeness (QED) is 0.852. The molecule has 1 aromatic rings. The third kappa shape index (κ3) is 3.89. The Hall–Kier alpha value is -1.21. The van der Waals surface area contributed by atoms with Crippen LogP contribution >= 0.6 is 12.2 Å². The van der Waals surface area contributed by atoms with E-state index in [2.05, 4.69) is 5.32 Å². The summed E-state index contributed by atoms with van der Waals surface area (Å²) in [6.07, 6.45) is 0.608. The Balaban J connectivity index is 1.87. The van der Waals surface area contributed by atoms with Gasteiger partial charge in [-0.1, -0.05) is 12.1 Å². The lowest BCUT2D eigenvalue weighted by Crippen LogP contribution is -2.43. The standard InChI is InChI=1S/C13H17FN2O2S2/c1-16(12-6-7-20(17,18)9-12)13(19)15-8-10-2-4-11(14)5-3-10/h2-5,12H,6-9H2,1H3,(H,15,19)/t12-/m0/s1. The van der Waals surface area contributed by atoms with Crippen molar-refractivity contribution in [2.75, 3.05) is 18.6 Å². The predicted molar refractivity (Wildman–Crippen MR) is 80.7 cm³/mol. The monoisotopic (exact) mass is 316 g/mol. The van der Waals surface area contributed by atoms with Crippen molar-refractivity contribution < 1.29 is 12.8 Å². The molecule has 1 aliphatic rings. The van der Waals surface area contributed by atoms with E-state index in [1.54, 1.807) is 24.1 Å². The van der Waals surface area contributed by atoms with E-state index >= 15 is 0 Å². The van der Waals surface area contributed by atoms with Crippen LogP contribution in [-0.2, 0) is 16.4 Å². The topological polar surface area (TPSA) is 49.4 Å². The van der Waals surface area contributed by atoms with Crippen molar-refractivity contribution >= 4 is 27.2 Å². The third-order valence-electron chi connectivity index (χ3n) is 3.43. The summed E-state index contributed by atoms with van der Waals surface area (Å²) in [5, 5.41) is 3.57. The molecule has 7 heteroatoms. The normalized spacial score (nSPS) is 20.6. The maximum atomic E-state index is 12.8. The van der Waals surface area contributed by atoms with Crippen LogP contribution in [0.1, 0.15) is 12.0 Å². The van der Waals surface area contributed by atoms with E-state index < -0.39 is 9.84 Å². The summed E-state index contributed by atoms with van der Waals surface area (Å²) in [6, 6.07) is 6.10. The molecule has 1 saturated heterocycles. The van der Waals surface area contributed by atoms with Gasteiger partial charge < -0.3 is 10.2 Å². The second kappa shape index (κ2) is 6.05. The maximum absolute atomic E-state index is 12.8. The first kappa shape index (κ1) is 15.2. The molecule has 0 amide bonds. The lowest BCUT2D eigenvalue weighted by molar-refractivity contribution is 0.390. The summed E-state index contributed by atoms with van der Waals surface area (Å²) >= 11 is 5.26. The van der Waals surface area contributed by atoms with Gasteiger partial charge in [-0.25, -0.2) is 12.8 Å². The molecule has 2 rings (SSSR count). The van der Waals surface area contributed by atoms with E-state index in [9.17, 15) is 12.8 Å². The highest BCUT2D eigenvalue weighted by molar-refractivity contribution is 7.91. The van der Waals surface area contributed by atoms with Crippen molar-refractivity contribution in [2.24, 2.45) is 0 Å². The number of hydrogen-bond donors (Lipinski definition) is 1. The Kier molecular flexibility index (Phi) is 4.59. The van der Waals surface area contributed by atoms with E-state index in [4.69, 9.17) is 12.2 Å². The highest BCUT2D eigenvalue weighted by Crippen LogP contribution is 2.16. The van der Waals surface area contributed by atoms with Gasteiger partial charge in [-0.05, 0) is 36.3 Å². The van der Waals surface area contributed by atoms with Crippen LogP contribution < -0.4 is 5.32 Å². The van der Waals surface area contributed by atoms with Crippen LogP contribution in [0.2, 0.25) is 0 Å². The van der Waals surface area contributed by atoms with Crippen LogP contribution in [0.5, 0.6) is 0 Å². The van der Waals surface area contributed by atoms with Gasteiger partial charge in [0, 0.05) is 19.6 Å². The average Bonchev–Trinajstić information content (AvgIpc) is 2.77. The van der Waals surface area contributed by atoms with Crippen molar-refractivity contribution in [3.05, 3.63) is 35.6 Å². The molecule has 110 valence electrons. The van der Waals surface area contributed by atoms with E-state index in [-0.39, 0.29) is 23.4 Å². The number of rotatable bonds is 3. The number of halogens is 1. The highest BCUT2D eigenvalue weighted by atomic mass is 32.2. The van der Waals surface area contributed by atoms with Gasteiger partial charge in [0.1, 0.15) is 5.82 Å². The molecule has 0 spiro atoms. The second-order valence-electron chi connectivity index (χ2n) is 4.95. The molecule has 1 heterocycles. The fourth-order valence-corrected chi connectivity index (χ4v) is 4.15. The minimum absolute atomic E-state index is 0.0618. The Morgan fingerprint density at radius 2 is 2.10 bits per heavy atom. The van der Waals surface area contributed by atoms with Gasteiger partial charge in [-0.15, -0.1) is 0 Å². The fraction of sp³-hybridized carbons (Fsp3) is 0.462. The van der Waals surface area contributed by atoms with Gasteiger partial charge in [0.05, 0.1) is 11.5 Å². The molecule has 0 aromatic heterocycles. The molecule has 1 N–H and O–H groups in total. The number of benzene rings is 1. The SMILES string of the molecule is CN(C(=S)NCc1ccc(F)cc1)[C@H]1CCS(=O)(=O)C1. The average molecular weight is 316 g/mol. The van der Waals surface area contributed by atoms with Crippen molar-refractivity contribution in [1.82, 2.24) is 10.2 Å². The van der Waals surface area contributed by atoms with Crippen LogP contribution in [0.25, 0.3) is 0 Å². The molecule has 4 nitrogen and oxygen atoms in total. The smallest absolute Gasteiger partial charge is 0.169 e. The highest BCUT2D eigenvalue weighted by Gasteiger charge is 2.31. The van der Waals surface area contributed by atoms with Gasteiger partial charge in [-0.2, -0.15) is 0 Å². The first-order chi connectivity index (χ1) is 9.37. The van der Waals surface area contributed by atoms with Crippen molar-refractivity contribution in [2.45, 2.75) is 19.0 Å². The molecule has 20 heavy (non-hydrogen) atoms. The molecule has 1 fully saturated rings. The molecular formula is C13H17FN2O2S2. The molecule has 0 radical (unpaired) electrons. The molecule has 0 aliphatic carbocycles. The molecule has 0 unspecified atom stereocenters. The van der Waals surface area contributed by atoms with Crippen molar-refractivity contribution in [1.29, 1.82) is 0 Å². The lowest BCUT2D eigenvalue weighted by Gasteiger charge is -2.26. The van der Waals surface area contributed by atoms with Crippen LogP contribution in [-0.4, -0.2) is 43.0 Å². The molecule has 0 saturated carbocycles. The predicted octanol–water partition coefficient (Wildman–Crippen LogP) is 1.32. The summed E-state index contributed by atoms with van der Waals surface area (Å²) in [7, 11) is -1.12. The minimum Gasteiger partial charge on any atom is -0.358 e. The number of nitrogens with one attached hydrogen (secondary N) is 1. The molecule has 1 aliphatic heterocycles. The molecular weight excluding hydrogens is 299 g/mol. The summed E-state index contributed by atoms with van der Waals surface area (Å²) < 4.78 is 35.7. The molecule has 0 bridgehead atoms. The Morgan fingerprint density at radius 3 is 2.65 bits per heavy atom. The Morgan fingerprint density at radius 1 is 1.45 bits per heavy atom. The van der Waals surface area contributed by atoms with Gasteiger partial charge in [0.15, 0.2) is 14.9 Å². The van der Waals surface area contributed by atoms with Crippen molar-refractivity contribution in [3.8, 4) is 0 Å². The van der Waals surface area contributed by atoms with E-state index in [1.165, 1.54) is 12.1 Å². The van der Waals surface area contributed by atoms with Crippen LogP contribution in [0.3, 0.4) is 0 Å². The number of thiocarbonyl (C=S) groups is 1. The summed E-state index contributed by atoms with van der Waals surface area (Å²) in [4.78, 5) is 1.80. The van der Waals surface area contributed by atoms with Gasteiger partial charge in [0.25, 0.3) is 0 Å². The fourth-order valence-electron chi connectivity index (χ4n) is 2.15. The Bertz CT molecular complexity index is 587. The summed E-state index contributed by atoms with van der Waals surface area (Å²) in [5.74, 6) is 0.106. The lowest BCUT2D eigenvalue weighted by atomic mass is 10.2. The first-order valence-electron chi connectivity index (χ1n) is 6.33. The van der Waals surface area contributed by atoms with Gasteiger partial charge in [0.2, 0.25) is 0 Å². The second-order valence-corrected chi connectivity index (χ2v) is 7.57. The zero-order valence-electron chi connectivity index (χ0n) is 11.2. The summed E-state index contributed by atoms with van der Waals surface area (Å²) in [5.41, 5.74) is 0.918. The van der Waals surface area contributed by atoms with Crippen LogP contribution in [0, 0.1) is 5.82 Å². The first-order valence-corrected chi connectivity index (χ1v) is 8.56.